The molecule has 2 fully saturated rings. The van der Waals surface area contributed by atoms with E-state index in [1.807, 2.05) is 0 Å². The summed E-state index contributed by atoms with van der Waals surface area (Å²) in [6.45, 7) is 14.2. The molecular weight excluding hydrogens is 460 g/mol. The lowest BCUT2D eigenvalue weighted by Crippen LogP contribution is -2.46. The number of ether oxygens (including phenoxy) is 1. The zero-order chi connectivity index (χ0) is 27.6. The second kappa shape index (κ2) is 18.7. The number of hydrogen-bond acceptors (Lipinski definition) is 7. The summed E-state index contributed by atoms with van der Waals surface area (Å²) < 4.78 is 4.11. The molecule has 0 aromatic carbocycles. The van der Waals surface area contributed by atoms with Gasteiger partial charge in [0.1, 0.15) is 12.3 Å². The van der Waals surface area contributed by atoms with Gasteiger partial charge >= 0.3 is 5.97 Å². The van der Waals surface area contributed by atoms with Crippen LogP contribution in [0.15, 0.2) is 25.3 Å². The van der Waals surface area contributed by atoms with Crippen LogP contribution in [-0.4, -0.2) is 83.0 Å². The van der Waals surface area contributed by atoms with E-state index < -0.39 is 5.97 Å². The Morgan fingerprint density at radius 2 is 1.17 bits per heavy atom. The molecule has 0 aliphatic carbocycles. The number of aliphatic carboxylic acids is 1. The number of carbonyl (C=O) groups excluding carboxylic acids is 5. The van der Waals surface area contributed by atoms with Crippen molar-refractivity contribution >= 4 is 35.6 Å². The van der Waals surface area contributed by atoms with Gasteiger partial charge in [-0.3, -0.25) is 28.8 Å². The number of nitrogens with zero attached hydrogens (tertiary/aromatic N) is 2. The molecule has 0 aromatic rings. The van der Waals surface area contributed by atoms with Gasteiger partial charge in [-0.2, -0.15) is 0 Å². The zero-order valence-electron chi connectivity index (χ0n) is 21.2. The Balaban J connectivity index is 0. The molecule has 2 saturated heterocycles. The number of rotatable bonds is 6. The van der Waals surface area contributed by atoms with Crippen molar-refractivity contribution in [3.63, 3.8) is 0 Å². The molecule has 2 aliphatic heterocycles. The lowest BCUT2D eigenvalue weighted by molar-refractivity contribution is -0.138. The Labute approximate surface area is 206 Å². The molecule has 0 saturated carbocycles. The first-order chi connectivity index (χ1) is 16.3. The monoisotopic (exact) mass is 498 g/mol. The SMILES string of the molecule is C=CC(=O)NC(C)N1CCCC1=O.C=CC(=O)NC(C)N1CCCC1=O.CC(=O)O.COC(C)=O. The second-order valence-corrected chi connectivity index (χ2v) is 7.37. The van der Waals surface area contributed by atoms with Gasteiger partial charge in [-0.25, -0.2) is 0 Å². The molecule has 0 spiro atoms. The molecule has 35 heavy (non-hydrogen) atoms. The zero-order valence-corrected chi connectivity index (χ0v) is 21.2. The summed E-state index contributed by atoms with van der Waals surface area (Å²) in [7, 11) is 1.35. The Kier molecular flexibility index (Phi) is 17.9. The number of carboxylic acid groups (broad SMARTS) is 1. The van der Waals surface area contributed by atoms with E-state index in [-0.39, 0.29) is 41.9 Å². The predicted octanol–water partition coefficient (Wildman–Crippen LogP) is 0.784. The first-order valence-corrected chi connectivity index (χ1v) is 11.0. The van der Waals surface area contributed by atoms with Gasteiger partial charge in [-0.05, 0) is 38.8 Å². The number of esters is 1. The maximum absolute atomic E-state index is 11.2. The van der Waals surface area contributed by atoms with Crippen LogP contribution in [0.5, 0.6) is 0 Å². The van der Waals surface area contributed by atoms with E-state index in [1.54, 1.807) is 23.6 Å². The minimum Gasteiger partial charge on any atom is -0.481 e. The van der Waals surface area contributed by atoms with Gasteiger partial charge in [-0.1, -0.05) is 13.2 Å². The molecule has 0 aromatic heterocycles. The Bertz CT molecular complexity index is 715. The third-order valence-corrected chi connectivity index (χ3v) is 4.52. The van der Waals surface area contributed by atoms with E-state index in [4.69, 9.17) is 9.90 Å². The van der Waals surface area contributed by atoms with E-state index in [0.29, 0.717) is 12.8 Å². The Morgan fingerprint density at radius 1 is 0.886 bits per heavy atom. The molecule has 12 heteroatoms. The molecule has 2 heterocycles. The standard InChI is InChI=1S/2C9H14N2O2.C3H6O2.C2H4O2/c2*1-3-8(12)10-7(2)11-6-4-5-9(11)13;1-3(4)5-2;1-2(3)4/h2*3,7H,1,4-6H2,2H3,(H,10,12);1-2H3;1H3,(H,3,4). The summed E-state index contributed by atoms with van der Waals surface area (Å²) in [6.07, 6.45) is 4.91. The van der Waals surface area contributed by atoms with Crippen molar-refractivity contribution in [2.45, 2.75) is 65.7 Å². The summed E-state index contributed by atoms with van der Waals surface area (Å²) in [5.74, 6) is -1.35. The molecule has 3 N–H and O–H groups in total. The average Bonchev–Trinajstić information content (AvgIpc) is 3.41. The van der Waals surface area contributed by atoms with E-state index in [9.17, 15) is 24.0 Å². The summed E-state index contributed by atoms with van der Waals surface area (Å²) in [5, 5.41) is 12.7. The average molecular weight is 499 g/mol. The first-order valence-electron chi connectivity index (χ1n) is 11.0. The number of likely N-dealkylation sites (tertiary alicyclic amines) is 2. The van der Waals surface area contributed by atoms with Crippen molar-refractivity contribution in [2.24, 2.45) is 0 Å². The van der Waals surface area contributed by atoms with Gasteiger partial charge < -0.3 is 30.3 Å². The minimum atomic E-state index is -0.833. The number of hydrogen-bond donors (Lipinski definition) is 3. The van der Waals surface area contributed by atoms with Gasteiger partial charge in [0, 0.05) is 39.8 Å². The normalized spacial score (nSPS) is 15.5. The van der Waals surface area contributed by atoms with Crippen LogP contribution in [0.2, 0.25) is 0 Å². The molecule has 198 valence electrons. The van der Waals surface area contributed by atoms with Gasteiger partial charge in [0.05, 0.1) is 7.11 Å². The molecule has 2 unspecified atom stereocenters. The van der Waals surface area contributed by atoms with Gasteiger partial charge in [0.2, 0.25) is 23.6 Å². The van der Waals surface area contributed by atoms with Crippen LogP contribution in [0.4, 0.5) is 0 Å². The predicted molar refractivity (Wildman–Crippen MR) is 128 cm³/mol. The number of methoxy groups -OCH3 is 1. The number of carbonyl (C=O) groups is 6. The van der Waals surface area contributed by atoms with Crippen LogP contribution in [0.3, 0.4) is 0 Å². The highest BCUT2D eigenvalue weighted by atomic mass is 16.5. The molecule has 2 rings (SSSR count). The first kappa shape index (κ1) is 33.5. The van der Waals surface area contributed by atoms with Gasteiger partial charge in [-0.15, -0.1) is 0 Å². The topological polar surface area (TPSA) is 162 Å². The quantitative estimate of drug-likeness (QED) is 0.357. The van der Waals surface area contributed by atoms with E-state index in [1.165, 1.54) is 26.2 Å². The lowest BCUT2D eigenvalue weighted by atomic mass is 10.4. The molecule has 12 nitrogen and oxygen atoms in total. The van der Waals surface area contributed by atoms with Crippen LogP contribution in [0.1, 0.15) is 53.4 Å². The second-order valence-electron chi connectivity index (χ2n) is 7.37. The largest absolute Gasteiger partial charge is 0.481 e. The van der Waals surface area contributed by atoms with E-state index >= 15 is 0 Å². The highest BCUT2D eigenvalue weighted by Gasteiger charge is 2.26. The fourth-order valence-corrected chi connectivity index (χ4v) is 2.84. The molecule has 0 radical (unpaired) electrons. The summed E-state index contributed by atoms with van der Waals surface area (Å²) >= 11 is 0. The maximum Gasteiger partial charge on any atom is 0.302 e. The summed E-state index contributed by atoms with van der Waals surface area (Å²) in [4.78, 5) is 66.2. The van der Waals surface area contributed by atoms with Gasteiger partial charge in [0.25, 0.3) is 5.97 Å². The number of amides is 4. The third-order valence-electron chi connectivity index (χ3n) is 4.52. The molecular formula is C23H38N4O8. The number of nitrogens with one attached hydrogen (secondary N) is 2. The lowest BCUT2D eigenvalue weighted by Gasteiger charge is -2.24. The highest BCUT2D eigenvalue weighted by molar-refractivity contribution is 5.88. The molecule has 4 amide bonds. The van der Waals surface area contributed by atoms with Crippen molar-refractivity contribution < 1.29 is 38.6 Å². The van der Waals surface area contributed by atoms with Crippen LogP contribution < -0.4 is 10.6 Å². The van der Waals surface area contributed by atoms with Crippen molar-refractivity contribution in [1.82, 2.24) is 20.4 Å². The minimum absolute atomic E-state index is 0.108. The molecule has 2 aliphatic rings. The number of carboxylic acids is 1. The third kappa shape index (κ3) is 16.5. The highest BCUT2D eigenvalue weighted by Crippen LogP contribution is 2.12. The molecule has 2 atom stereocenters. The van der Waals surface area contributed by atoms with E-state index in [0.717, 1.165) is 32.9 Å². The summed E-state index contributed by atoms with van der Waals surface area (Å²) in [6, 6.07) is 0. The van der Waals surface area contributed by atoms with Gasteiger partial charge in [0.15, 0.2) is 0 Å². The van der Waals surface area contributed by atoms with E-state index in [2.05, 4.69) is 28.5 Å². The Morgan fingerprint density at radius 3 is 1.34 bits per heavy atom. The summed E-state index contributed by atoms with van der Waals surface area (Å²) in [5.41, 5.74) is 0. The van der Waals surface area contributed by atoms with Crippen molar-refractivity contribution in [3.05, 3.63) is 25.3 Å². The van der Waals surface area contributed by atoms with Crippen LogP contribution in [0, 0.1) is 0 Å². The fourth-order valence-electron chi connectivity index (χ4n) is 2.84. The Hall–Kier alpha value is -3.70. The van der Waals surface area contributed by atoms with Crippen molar-refractivity contribution in [3.8, 4) is 0 Å². The smallest absolute Gasteiger partial charge is 0.302 e. The van der Waals surface area contributed by atoms with Crippen LogP contribution in [-0.2, 0) is 33.5 Å². The van der Waals surface area contributed by atoms with Crippen molar-refractivity contribution in [2.75, 3.05) is 20.2 Å². The molecule has 0 bridgehead atoms. The van der Waals surface area contributed by atoms with Crippen LogP contribution >= 0.6 is 0 Å². The van der Waals surface area contributed by atoms with Crippen LogP contribution in [0.25, 0.3) is 0 Å². The maximum atomic E-state index is 11.2. The van der Waals surface area contributed by atoms with Crippen molar-refractivity contribution in [1.29, 1.82) is 0 Å². The fraction of sp³-hybridized carbons (Fsp3) is 0.565.